The monoisotopic (exact) mass is 293 g/mol. The van der Waals surface area contributed by atoms with Crippen LogP contribution in [0.15, 0.2) is 60.8 Å². The number of aliphatic hydroxyl groups excluding tert-OH is 1. The van der Waals surface area contributed by atoms with Crippen molar-refractivity contribution in [3.8, 4) is 0 Å². The summed E-state index contributed by atoms with van der Waals surface area (Å²) in [5, 5.41) is 14.7. The molecule has 2 aromatic carbocycles. The summed E-state index contributed by atoms with van der Waals surface area (Å²) in [4.78, 5) is 6.43. The minimum atomic E-state index is 0.108. The number of likely N-dealkylation sites (N-methyl/N-ethyl adjacent to an activating group) is 1. The number of aliphatic hydroxyl groups is 1. The van der Waals surface area contributed by atoms with Gasteiger partial charge < -0.3 is 15.3 Å². The standard InChI is InChI=1S/C18H19N3O/c1-21(11-12-22)18-17-13-16(8-7-14(17)9-10-19-18)20-15-5-3-2-4-6-15/h2-10,13,20,22H,11-12H2,1H3. The van der Waals surface area contributed by atoms with Crippen molar-refractivity contribution in [2.24, 2.45) is 0 Å². The van der Waals surface area contributed by atoms with E-state index in [9.17, 15) is 0 Å². The molecule has 1 aromatic heterocycles. The van der Waals surface area contributed by atoms with Crippen LogP contribution in [0.3, 0.4) is 0 Å². The van der Waals surface area contributed by atoms with E-state index in [0.717, 1.165) is 28.0 Å². The maximum Gasteiger partial charge on any atom is 0.136 e. The minimum absolute atomic E-state index is 0.108. The summed E-state index contributed by atoms with van der Waals surface area (Å²) in [6, 6.07) is 18.3. The van der Waals surface area contributed by atoms with Crippen LogP contribution >= 0.6 is 0 Å². The highest BCUT2D eigenvalue weighted by Crippen LogP contribution is 2.28. The summed E-state index contributed by atoms with van der Waals surface area (Å²) in [5.74, 6) is 0.878. The molecule has 0 saturated heterocycles. The van der Waals surface area contributed by atoms with Gasteiger partial charge in [-0.05, 0) is 35.7 Å². The van der Waals surface area contributed by atoms with Gasteiger partial charge in [0.1, 0.15) is 5.82 Å². The van der Waals surface area contributed by atoms with Crippen molar-refractivity contribution in [1.29, 1.82) is 0 Å². The topological polar surface area (TPSA) is 48.4 Å². The van der Waals surface area contributed by atoms with Gasteiger partial charge in [-0.2, -0.15) is 0 Å². The molecule has 0 aliphatic rings. The van der Waals surface area contributed by atoms with E-state index in [0.29, 0.717) is 6.54 Å². The van der Waals surface area contributed by atoms with E-state index in [2.05, 4.69) is 28.5 Å². The molecule has 4 nitrogen and oxygen atoms in total. The Hall–Kier alpha value is -2.59. The number of nitrogens with one attached hydrogen (secondary N) is 1. The summed E-state index contributed by atoms with van der Waals surface area (Å²) in [6.45, 7) is 0.666. The lowest BCUT2D eigenvalue weighted by atomic mass is 10.1. The van der Waals surface area contributed by atoms with Crippen molar-refractivity contribution in [3.63, 3.8) is 0 Å². The summed E-state index contributed by atoms with van der Waals surface area (Å²) in [6.07, 6.45) is 1.80. The van der Waals surface area contributed by atoms with Crippen LogP contribution in [0.2, 0.25) is 0 Å². The average molecular weight is 293 g/mol. The zero-order valence-electron chi connectivity index (χ0n) is 12.5. The molecule has 0 spiro atoms. The van der Waals surface area contributed by atoms with E-state index in [1.165, 1.54) is 0 Å². The number of pyridine rings is 1. The first kappa shape index (κ1) is 14.4. The fraction of sp³-hybridized carbons (Fsp3) is 0.167. The summed E-state index contributed by atoms with van der Waals surface area (Å²) >= 11 is 0. The Balaban J connectivity index is 1.99. The molecule has 0 atom stereocenters. The lowest BCUT2D eigenvalue weighted by Gasteiger charge is -2.19. The zero-order chi connectivity index (χ0) is 15.4. The second-order valence-corrected chi connectivity index (χ2v) is 5.21. The van der Waals surface area contributed by atoms with E-state index in [1.54, 1.807) is 6.20 Å². The van der Waals surface area contributed by atoms with E-state index in [1.807, 2.05) is 48.3 Å². The van der Waals surface area contributed by atoms with E-state index in [4.69, 9.17) is 5.11 Å². The van der Waals surface area contributed by atoms with E-state index < -0.39 is 0 Å². The van der Waals surface area contributed by atoms with Gasteiger partial charge in [-0.1, -0.05) is 24.3 Å². The quantitative estimate of drug-likeness (QED) is 0.757. The fourth-order valence-electron chi connectivity index (χ4n) is 2.48. The number of benzene rings is 2. The second kappa shape index (κ2) is 6.45. The van der Waals surface area contributed by atoms with Crippen molar-refractivity contribution in [2.75, 3.05) is 30.4 Å². The van der Waals surface area contributed by atoms with Crippen LogP contribution in [0.4, 0.5) is 17.2 Å². The highest BCUT2D eigenvalue weighted by atomic mass is 16.3. The third kappa shape index (κ3) is 3.02. The highest BCUT2D eigenvalue weighted by molar-refractivity contribution is 5.94. The Morgan fingerprint density at radius 2 is 1.86 bits per heavy atom. The molecule has 112 valence electrons. The minimum Gasteiger partial charge on any atom is -0.395 e. The maximum absolute atomic E-state index is 9.14. The molecule has 0 fully saturated rings. The third-order valence-corrected chi connectivity index (χ3v) is 3.60. The number of nitrogens with zero attached hydrogens (tertiary/aromatic N) is 2. The molecular weight excluding hydrogens is 274 g/mol. The van der Waals surface area contributed by atoms with Crippen molar-refractivity contribution in [3.05, 3.63) is 60.8 Å². The number of para-hydroxylation sites is 1. The first-order chi connectivity index (χ1) is 10.8. The van der Waals surface area contributed by atoms with Crippen molar-refractivity contribution < 1.29 is 5.11 Å². The molecule has 0 saturated carbocycles. The number of hydrogen-bond acceptors (Lipinski definition) is 4. The van der Waals surface area contributed by atoms with Crippen LogP contribution in [0.25, 0.3) is 10.8 Å². The normalized spacial score (nSPS) is 10.6. The molecule has 4 heteroatoms. The van der Waals surface area contributed by atoms with Crippen LogP contribution in [-0.4, -0.2) is 30.3 Å². The summed E-state index contributed by atoms with van der Waals surface area (Å²) < 4.78 is 0. The van der Waals surface area contributed by atoms with Gasteiger partial charge in [0.05, 0.1) is 6.61 Å². The van der Waals surface area contributed by atoms with Crippen molar-refractivity contribution in [1.82, 2.24) is 4.98 Å². The Kier molecular flexibility index (Phi) is 4.21. The summed E-state index contributed by atoms with van der Waals surface area (Å²) in [7, 11) is 1.94. The fourth-order valence-corrected chi connectivity index (χ4v) is 2.48. The van der Waals surface area contributed by atoms with Crippen molar-refractivity contribution >= 4 is 28.0 Å². The largest absolute Gasteiger partial charge is 0.395 e. The average Bonchev–Trinajstić information content (AvgIpc) is 2.55. The van der Waals surface area contributed by atoms with Gasteiger partial charge in [-0.15, -0.1) is 0 Å². The molecule has 22 heavy (non-hydrogen) atoms. The highest BCUT2D eigenvalue weighted by Gasteiger charge is 2.08. The molecular formula is C18H19N3O. The lowest BCUT2D eigenvalue weighted by molar-refractivity contribution is 0.304. The van der Waals surface area contributed by atoms with Gasteiger partial charge in [0.15, 0.2) is 0 Å². The number of fused-ring (bicyclic) bond motifs is 1. The third-order valence-electron chi connectivity index (χ3n) is 3.60. The Bertz CT molecular complexity index is 759. The molecule has 0 aliphatic carbocycles. The SMILES string of the molecule is CN(CCO)c1nccc2ccc(Nc3ccccc3)cc12. The molecule has 2 N–H and O–H groups in total. The van der Waals surface area contributed by atoms with Crippen molar-refractivity contribution in [2.45, 2.75) is 0 Å². The van der Waals surface area contributed by atoms with Crippen LogP contribution < -0.4 is 10.2 Å². The predicted octanol–water partition coefficient (Wildman–Crippen LogP) is 3.41. The van der Waals surface area contributed by atoms with Gasteiger partial charge in [0.2, 0.25) is 0 Å². The first-order valence-electron chi connectivity index (χ1n) is 7.31. The zero-order valence-corrected chi connectivity index (χ0v) is 12.5. The molecule has 0 unspecified atom stereocenters. The molecule has 3 rings (SSSR count). The molecule has 3 aromatic rings. The number of rotatable bonds is 5. The number of aromatic nitrogens is 1. The van der Waals surface area contributed by atoms with Gasteiger partial charge in [0, 0.05) is 36.6 Å². The van der Waals surface area contributed by atoms with E-state index >= 15 is 0 Å². The van der Waals surface area contributed by atoms with Gasteiger partial charge in [-0.3, -0.25) is 0 Å². The van der Waals surface area contributed by atoms with E-state index in [-0.39, 0.29) is 6.61 Å². The van der Waals surface area contributed by atoms with Crippen LogP contribution in [0.5, 0.6) is 0 Å². The molecule has 0 radical (unpaired) electrons. The number of hydrogen-bond donors (Lipinski definition) is 2. The molecule has 0 aliphatic heterocycles. The maximum atomic E-state index is 9.14. The molecule has 0 bridgehead atoms. The predicted molar refractivity (Wildman–Crippen MR) is 91.8 cm³/mol. The van der Waals surface area contributed by atoms with Crippen LogP contribution in [0, 0.1) is 0 Å². The Labute approximate surface area is 130 Å². The first-order valence-corrected chi connectivity index (χ1v) is 7.31. The Morgan fingerprint density at radius 3 is 2.64 bits per heavy atom. The second-order valence-electron chi connectivity index (χ2n) is 5.21. The Morgan fingerprint density at radius 1 is 1.05 bits per heavy atom. The van der Waals surface area contributed by atoms with Gasteiger partial charge in [0.25, 0.3) is 0 Å². The molecule has 1 heterocycles. The van der Waals surface area contributed by atoms with Gasteiger partial charge >= 0.3 is 0 Å². The lowest BCUT2D eigenvalue weighted by Crippen LogP contribution is -2.22. The van der Waals surface area contributed by atoms with Gasteiger partial charge in [-0.25, -0.2) is 4.98 Å². The summed E-state index contributed by atoms with van der Waals surface area (Å²) in [5.41, 5.74) is 2.07. The molecule has 0 amide bonds. The van der Waals surface area contributed by atoms with Crippen LogP contribution in [-0.2, 0) is 0 Å². The smallest absolute Gasteiger partial charge is 0.136 e. The van der Waals surface area contributed by atoms with Crippen LogP contribution in [0.1, 0.15) is 0 Å². The number of anilines is 3.